The fourth-order valence-corrected chi connectivity index (χ4v) is 3.50. The van der Waals surface area contributed by atoms with Crippen LogP contribution in [-0.2, 0) is 9.59 Å². The lowest BCUT2D eigenvalue weighted by atomic mass is 10.1. The Morgan fingerprint density at radius 2 is 1.48 bits per heavy atom. The monoisotopic (exact) mass is 393 g/mol. The van der Waals surface area contributed by atoms with Crippen LogP contribution in [0, 0.1) is 20.8 Å². The molecule has 0 saturated heterocycles. The highest BCUT2D eigenvalue weighted by Crippen LogP contribution is 2.23. The van der Waals surface area contributed by atoms with E-state index < -0.39 is 24.3 Å². The minimum Gasteiger partial charge on any atom is -0.335 e. The summed E-state index contributed by atoms with van der Waals surface area (Å²) in [6, 6.07) is 10.4. The Hall–Kier alpha value is -3.48. The van der Waals surface area contributed by atoms with Crippen LogP contribution in [0.1, 0.15) is 37.4 Å². The Morgan fingerprint density at radius 3 is 2.00 bits per heavy atom. The predicted octanol–water partition coefficient (Wildman–Crippen LogP) is 2.30. The molecule has 29 heavy (non-hydrogen) atoms. The Kier molecular flexibility index (Phi) is 5.50. The number of anilines is 1. The highest BCUT2D eigenvalue weighted by molar-refractivity contribution is 6.22. The van der Waals surface area contributed by atoms with E-state index in [-0.39, 0.29) is 23.6 Å². The molecule has 0 aromatic heterocycles. The van der Waals surface area contributed by atoms with Gasteiger partial charge in [-0.2, -0.15) is 0 Å². The number of imide groups is 1. The molecule has 0 bridgehead atoms. The van der Waals surface area contributed by atoms with E-state index >= 15 is 0 Å². The number of hydrogen-bond donors (Lipinski definition) is 1. The lowest BCUT2D eigenvalue weighted by Crippen LogP contribution is -2.43. The normalized spacial score (nSPS) is 12.8. The van der Waals surface area contributed by atoms with E-state index in [0.717, 1.165) is 27.3 Å². The second-order valence-corrected chi connectivity index (χ2v) is 7.31. The quantitative estimate of drug-likeness (QED) is 0.790. The van der Waals surface area contributed by atoms with Crippen molar-refractivity contribution in [1.29, 1.82) is 0 Å². The summed E-state index contributed by atoms with van der Waals surface area (Å²) < 4.78 is 0. The summed E-state index contributed by atoms with van der Waals surface area (Å²) in [5.74, 6) is -1.84. The van der Waals surface area contributed by atoms with Crippen molar-refractivity contribution in [3.8, 4) is 0 Å². The molecule has 7 nitrogen and oxygen atoms in total. The maximum atomic E-state index is 12.5. The average molecular weight is 393 g/mol. The molecule has 150 valence electrons. The number of carbonyl (C=O) groups is 4. The minimum atomic E-state index is -0.497. The molecule has 1 N–H and O–H groups in total. The fourth-order valence-electron chi connectivity index (χ4n) is 3.50. The van der Waals surface area contributed by atoms with Gasteiger partial charge in [-0.15, -0.1) is 0 Å². The Morgan fingerprint density at radius 1 is 0.966 bits per heavy atom. The number of carbonyl (C=O) groups excluding carboxylic acids is 4. The highest BCUT2D eigenvalue weighted by Gasteiger charge is 2.36. The van der Waals surface area contributed by atoms with Gasteiger partial charge in [0.05, 0.1) is 17.7 Å². The first-order valence-corrected chi connectivity index (χ1v) is 9.26. The number of nitrogens with zero attached hydrogens (tertiary/aromatic N) is 2. The Labute approximate surface area is 169 Å². The molecule has 0 saturated carbocycles. The number of fused-ring (bicyclic) bond motifs is 1. The number of nitrogens with one attached hydrogen (secondary N) is 1. The molecule has 0 spiro atoms. The summed E-state index contributed by atoms with van der Waals surface area (Å²) in [6.07, 6.45) is 0. The zero-order valence-corrected chi connectivity index (χ0v) is 16.9. The molecule has 2 aromatic rings. The number of aryl methyl sites for hydroxylation is 3. The maximum absolute atomic E-state index is 12.5. The molecular weight excluding hydrogens is 370 g/mol. The van der Waals surface area contributed by atoms with E-state index in [2.05, 4.69) is 5.32 Å². The largest absolute Gasteiger partial charge is 0.335 e. The van der Waals surface area contributed by atoms with Crippen molar-refractivity contribution in [2.24, 2.45) is 0 Å². The molecular formula is C22H23N3O4. The van der Waals surface area contributed by atoms with Crippen molar-refractivity contribution >= 4 is 29.3 Å². The summed E-state index contributed by atoms with van der Waals surface area (Å²) in [5, 5.41) is 2.84. The standard InChI is InChI=1S/C22H23N3O4/c1-13-9-14(2)20(15(3)10-13)23-18(26)11-24(4)19(27)12-25-21(28)16-7-5-6-8-17(16)22(25)29/h5-10H,11-12H2,1-4H3,(H,23,26). The second kappa shape index (κ2) is 7.87. The molecule has 0 fully saturated rings. The van der Waals surface area contributed by atoms with Gasteiger partial charge < -0.3 is 10.2 Å². The number of amides is 4. The summed E-state index contributed by atoms with van der Waals surface area (Å²) in [6.45, 7) is 5.21. The summed E-state index contributed by atoms with van der Waals surface area (Å²) in [7, 11) is 1.47. The molecule has 2 aromatic carbocycles. The molecule has 1 aliphatic rings. The van der Waals surface area contributed by atoms with E-state index in [1.54, 1.807) is 24.3 Å². The van der Waals surface area contributed by atoms with Crippen molar-refractivity contribution in [3.63, 3.8) is 0 Å². The van der Waals surface area contributed by atoms with Crippen LogP contribution in [0.3, 0.4) is 0 Å². The van der Waals surface area contributed by atoms with Crippen LogP contribution in [0.2, 0.25) is 0 Å². The van der Waals surface area contributed by atoms with Crippen LogP contribution in [0.15, 0.2) is 36.4 Å². The molecule has 0 unspecified atom stereocenters. The number of likely N-dealkylation sites (N-methyl/N-ethyl adjacent to an activating group) is 1. The van der Waals surface area contributed by atoms with Crippen LogP contribution in [-0.4, -0.2) is 53.6 Å². The van der Waals surface area contributed by atoms with E-state index in [1.807, 2.05) is 32.9 Å². The molecule has 1 heterocycles. The minimum absolute atomic E-state index is 0.186. The van der Waals surface area contributed by atoms with Crippen LogP contribution < -0.4 is 5.32 Å². The van der Waals surface area contributed by atoms with Gasteiger partial charge >= 0.3 is 0 Å². The van der Waals surface area contributed by atoms with Crippen LogP contribution in [0.25, 0.3) is 0 Å². The van der Waals surface area contributed by atoms with Crippen LogP contribution in [0.4, 0.5) is 5.69 Å². The molecule has 3 rings (SSSR count). The van der Waals surface area contributed by atoms with Gasteiger partial charge in [0.1, 0.15) is 6.54 Å². The zero-order valence-electron chi connectivity index (χ0n) is 16.9. The van der Waals surface area contributed by atoms with Gasteiger partial charge in [-0.25, -0.2) is 0 Å². The summed E-state index contributed by atoms with van der Waals surface area (Å²) >= 11 is 0. The molecule has 0 aliphatic carbocycles. The number of rotatable bonds is 5. The summed E-state index contributed by atoms with van der Waals surface area (Å²) in [4.78, 5) is 51.8. The van der Waals surface area contributed by atoms with E-state index in [9.17, 15) is 19.2 Å². The third-order valence-electron chi connectivity index (χ3n) is 4.92. The maximum Gasteiger partial charge on any atom is 0.262 e. The first kappa shape index (κ1) is 20.3. The second-order valence-electron chi connectivity index (χ2n) is 7.31. The van der Waals surface area contributed by atoms with Gasteiger partial charge in [0.15, 0.2) is 0 Å². The first-order chi connectivity index (χ1) is 13.7. The van der Waals surface area contributed by atoms with Crippen molar-refractivity contribution in [1.82, 2.24) is 9.80 Å². The van der Waals surface area contributed by atoms with Gasteiger partial charge in [-0.1, -0.05) is 29.8 Å². The topological polar surface area (TPSA) is 86.8 Å². The third-order valence-corrected chi connectivity index (χ3v) is 4.92. The number of hydrogen-bond acceptors (Lipinski definition) is 4. The fraction of sp³-hybridized carbons (Fsp3) is 0.273. The molecule has 0 radical (unpaired) electrons. The van der Waals surface area contributed by atoms with Crippen molar-refractivity contribution in [2.75, 3.05) is 25.5 Å². The first-order valence-electron chi connectivity index (χ1n) is 9.26. The average Bonchev–Trinajstić information content (AvgIpc) is 2.90. The smallest absolute Gasteiger partial charge is 0.262 e. The predicted molar refractivity (Wildman–Crippen MR) is 109 cm³/mol. The number of benzene rings is 2. The SMILES string of the molecule is Cc1cc(C)c(NC(=O)CN(C)C(=O)CN2C(=O)c3ccccc3C2=O)c(C)c1. The lowest BCUT2D eigenvalue weighted by molar-refractivity contribution is -0.133. The van der Waals surface area contributed by atoms with Crippen LogP contribution in [0.5, 0.6) is 0 Å². The molecule has 0 atom stereocenters. The van der Waals surface area contributed by atoms with Crippen molar-refractivity contribution in [3.05, 3.63) is 64.2 Å². The third kappa shape index (κ3) is 4.03. The van der Waals surface area contributed by atoms with Gasteiger partial charge in [0.2, 0.25) is 11.8 Å². The van der Waals surface area contributed by atoms with Crippen molar-refractivity contribution < 1.29 is 19.2 Å². The summed E-state index contributed by atoms with van der Waals surface area (Å²) in [5.41, 5.74) is 4.28. The molecule has 4 amide bonds. The molecule has 1 aliphatic heterocycles. The van der Waals surface area contributed by atoms with Gasteiger partial charge in [0, 0.05) is 12.7 Å². The van der Waals surface area contributed by atoms with Crippen molar-refractivity contribution in [2.45, 2.75) is 20.8 Å². The highest BCUT2D eigenvalue weighted by atomic mass is 16.2. The molecule has 7 heteroatoms. The van der Waals surface area contributed by atoms with E-state index in [0.29, 0.717) is 0 Å². The van der Waals surface area contributed by atoms with E-state index in [1.165, 1.54) is 11.9 Å². The zero-order chi connectivity index (χ0) is 21.3. The van der Waals surface area contributed by atoms with Gasteiger partial charge in [0.25, 0.3) is 11.8 Å². The van der Waals surface area contributed by atoms with Gasteiger partial charge in [-0.3, -0.25) is 24.1 Å². The Balaban J connectivity index is 1.62. The van der Waals surface area contributed by atoms with E-state index in [4.69, 9.17) is 0 Å². The Bertz CT molecular complexity index is 970. The van der Waals surface area contributed by atoms with Gasteiger partial charge in [-0.05, 0) is 44.0 Å². The lowest BCUT2D eigenvalue weighted by Gasteiger charge is -2.21. The van der Waals surface area contributed by atoms with Crippen LogP contribution >= 0.6 is 0 Å².